The quantitative estimate of drug-likeness (QED) is 0.419. The van der Waals surface area contributed by atoms with E-state index in [1.54, 1.807) is 0 Å². The maximum atomic E-state index is 6.77. The number of aromatic amines is 1. The molecule has 0 aliphatic heterocycles. The molecule has 1 aromatic carbocycles. The molecule has 2 aromatic rings. The van der Waals surface area contributed by atoms with Gasteiger partial charge in [-0.05, 0) is 37.6 Å². The van der Waals surface area contributed by atoms with E-state index in [9.17, 15) is 0 Å². The molecule has 1 N–H and O–H groups in total. The Morgan fingerprint density at radius 1 is 1.42 bits per heavy atom. The van der Waals surface area contributed by atoms with Crippen molar-refractivity contribution >= 4 is 29.2 Å². The van der Waals surface area contributed by atoms with Gasteiger partial charge in [-0.2, -0.15) is 0 Å². The van der Waals surface area contributed by atoms with Crippen molar-refractivity contribution in [2.45, 2.75) is 37.6 Å². The molecule has 0 spiro atoms. The van der Waals surface area contributed by atoms with Crippen molar-refractivity contribution < 1.29 is 0 Å². The van der Waals surface area contributed by atoms with Gasteiger partial charge in [0.1, 0.15) is 0 Å². The SMILES string of the molecule is C=CC1(C)C(Cl)CC(C(=C)C)C(c2c[nH]c3ccccc23)C1N=C. The number of halogens is 1. The molecular weight excluding hydrogens is 316 g/mol. The molecule has 0 saturated heterocycles. The maximum Gasteiger partial charge on any atom is 0.0669 e. The molecular formula is C21H25ClN2. The van der Waals surface area contributed by atoms with E-state index in [-0.39, 0.29) is 28.7 Å². The van der Waals surface area contributed by atoms with Crippen LogP contribution in [0.15, 0.2) is 60.3 Å². The molecule has 1 fully saturated rings. The Labute approximate surface area is 149 Å². The molecule has 1 aliphatic rings. The predicted molar refractivity (Wildman–Crippen MR) is 105 cm³/mol. The van der Waals surface area contributed by atoms with Crippen molar-refractivity contribution in [1.82, 2.24) is 4.98 Å². The van der Waals surface area contributed by atoms with Crippen LogP contribution in [-0.2, 0) is 0 Å². The highest BCUT2D eigenvalue weighted by Gasteiger charge is 2.51. The highest BCUT2D eigenvalue weighted by molar-refractivity contribution is 6.21. The van der Waals surface area contributed by atoms with Crippen molar-refractivity contribution in [3.63, 3.8) is 0 Å². The van der Waals surface area contributed by atoms with Crippen LogP contribution in [0.25, 0.3) is 10.9 Å². The number of allylic oxidation sites excluding steroid dienone is 1. The highest BCUT2D eigenvalue weighted by Crippen LogP contribution is 2.54. The number of nitrogens with one attached hydrogen (secondary N) is 1. The van der Waals surface area contributed by atoms with Crippen molar-refractivity contribution in [3.05, 3.63) is 60.8 Å². The van der Waals surface area contributed by atoms with E-state index >= 15 is 0 Å². The number of aromatic nitrogens is 1. The number of para-hydroxylation sites is 1. The van der Waals surface area contributed by atoms with Gasteiger partial charge >= 0.3 is 0 Å². The molecule has 1 aromatic heterocycles. The summed E-state index contributed by atoms with van der Waals surface area (Å²) >= 11 is 6.77. The number of nitrogens with zero attached hydrogens (tertiary/aromatic N) is 1. The van der Waals surface area contributed by atoms with E-state index in [4.69, 9.17) is 11.6 Å². The van der Waals surface area contributed by atoms with Crippen LogP contribution in [0.5, 0.6) is 0 Å². The van der Waals surface area contributed by atoms with Crippen LogP contribution in [0, 0.1) is 11.3 Å². The van der Waals surface area contributed by atoms with Gasteiger partial charge in [0.05, 0.1) is 6.04 Å². The van der Waals surface area contributed by atoms with Crippen LogP contribution in [-0.4, -0.2) is 23.1 Å². The second-order valence-corrected chi connectivity index (χ2v) is 7.70. The number of fused-ring (bicyclic) bond motifs is 1. The summed E-state index contributed by atoms with van der Waals surface area (Å²) < 4.78 is 0. The molecule has 5 unspecified atom stereocenters. The second kappa shape index (κ2) is 6.25. The fraction of sp³-hybridized carbons (Fsp3) is 0.381. The lowest BCUT2D eigenvalue weighted by molar-refractivity contribution is 0.180. The Bertz CT molecular complexity index is 790. The number of alkyl halides is 1. The fourth-order valence-electron chi connectivity index (χ4n) is 4.24. The summed E-state index contributed by atoms with van der Waals surface area (Å²) in [5, 5.41) is 1.20. The molecule has 3 heteroatoms. The molecule has 5 atom stereocenters. The average molecular weight is 341 g/mol. The second-order valence-electron chi connectivity index (χ2n) is 7.17. The number of hydrogen-bond donors (Lipinski definition) is 1. The molecule has 3 rings (SSSR count). The number of hydrogen-bond acceptors (Lipinski definition) is 1. The number of aliphatic imine (C=N–C) groups is 1. The van der Waals surface area contributed by atoms with E-state index in [1.165, 1.54) is 10.9 Å². The molecule has 0 bridgehead atoms. The normalized spacial score (nSPS) is 33.3. The lowest BCUT2D eigenvalue weighted by Gasteiger charge is -2.49. The van der Waals surface area contributed by atoms with Crippen molar-refractivity contribution in [1.29, 1.82) is 0 Å². The van der Waals surface area contributed by atoms with E-state index in [0.29, 0.717) is 0 Å². The first kappa shape index (κ1) is 17.0. The van der Waals surface area contributed by atoms with Gasteiger partial charge in [-0.15, -0.1) is 18.2 Å². The topological polar surface area (TPSA) is 28.1 Å². The summed E-state index contributed by atoms with van der Waals surface area (Å²) in [7, 11) is 0. The minimum atomic E-state index is -0.293. The maximum absolute atomic E-state index is 6.77. The first-order valence-corrected chi connectivity index (χ1v) is 8.82. The Hall–Kier alpha value is -1.80. The zero-order valence-electron chi connectivity index (χ0n) is 14.4. The summed E-state index contributed by atoms with van der Waals surface area (Å²) in [4.78, 5) is 7.93. The van der Waals surface area contributed by atoms with Crippen LogP contribution in [0.1, 0.15) is 31.7 Å². The number of rotatable bonds is 4. The van der Waals surface area contributed by atoms with Crippen LogP contribution in [0.4, 0.5) is 0 Å². The molecule has 1 aliphatic carbocycles. The minimum Gasteiger partial charge on any atom is -0.361 e. The van der Waals surface area contributed by atoms with Crippen molar-refractivity contribution in [3.8, 4) is 0 Å². The Balaban J connectivity index is 2.21. The monoisotopic (exact) mass is 340 g/mol. The first-order chi connectivity index (χ1) is 11.4. The Kier molecular flexibility index (Phi) is 4.44. The van der Waals surface area contributed by atoms with Gasteiger partial charge in [0.2, 0.25) is 0 Å². The van der Waals surface area contributed by atoms with Crippen LogP contribution in [0.3, 0.4) is 0 Å². The van der Waals surface area contributed by atoms with Crippen molar-refractivity contribution in [2.24, 2.45) is 16.3 Å². The van der Waals surface area contributed by atoms with E-state index in [2.05, 4.69) is 68.1 Å². The van der Waals surface area contributed by atoms with Gasteiger partial charge in [-0.1, -0.05) is 43.4 Å². The lowest BCUT2D eigenvalue weighted by atomic mass is 9.59. The molecule has 24 heavy (non-hydrogen) atoms. The van der Waals surface area contributed by atoms with Gasteiger partial charge in [0.25, 0.3) is 0 Å². The van der Waals surface area contributed by atoms with Gasteiger partial charge < -0.3 is 4.98 Å². The Morgan fingerprint density at radius 2 is 2.12 bits per heavy atom. The minimum absolute atomic E-state index is 0.0337. The van der Waals surface area contributed by atoms with E-state index in [1.807, 2.05) is 12.1 Å². The largest absolute Gasteiger partial charge is 0.361 e. The third kappa shape index (κ3) is 2.44. The third-order valence-corrected chi connectivity index (χ3v) is 6.44. The molecule has 1 heterocycles. The molecule has 1 saturated carbocycles. The average Bonchev–Trinajstić information content (AvgIpc) is 3.00. The van der Waals surface area contributed by atoms with Gasteiger partial charge in [-0.25, -0.2) is 0 Å². The summed E-state index contributed by atoms with van der Waals surface area (Å²) in [6, 6.07) is 8.35. The number of benzene rings is 1. The molecule has 0 amide bonds. The fourth-order valence-corrected chi connectivity index (χ4v) is 4.65. The molecule has 0 radical (unpaired) electrons. The van der Waals surface area contributed by atoms with Gasteiger partial charge in [0, 0.05) is 33.8 Å². The van der Waals surface area contributed by atoms with Crippen molar-refractivity contribution in [2.75, 3.05) is 0 Å². The molecule has 2 nitrogen and oxygen atoms in total. The van der Waals surface area contributed by atoms with E-state index in [0.717, 1.165) is 17.5 Å². The van der Waals surface area contributed by atoms with Gasteiger partial charge in [0.15, 0.2) is 0 Å². The smallest absolute Gasteiger partial charge is 0.0669 e. The molecule has 126 valence electrons. The summed E-state index contributed by atoms with van der Waals surface area (Å²) in [5.74, 6) is 0.462. The highest BCUT2D eigenvalue weighted by atomic mass is 35.5. The number of H-pyrrole nitrogens is 1. The summed E-state index contributed by atoms with van der Waals surface area (Å²) in [6.07, 6.45) is 4.94. The first-order valence-electron chi connectivity index (χ1n) is 8.39. The zero-order chi connectivity index (χ0) is 17.5. The van der Waals surface area contributed by atoms with Crippen LogP contribution < -0.4 is 0 Å². The van der Waals surface area contributed by atoms with Crippen LogP contribution >= 0.6 is 11.6 Å². The van der Waals surface area contributed by atoms with E-state index < -0.39 is 0 Å². The Morgan fingerprint density at radius 3 is 2.75 bits per heavy atom. The third-order valence-electron chi connectivity index (χ3n) is 5.80. The van der Waals surface area contributed by atoms with Gasteiger partial charge in [-0.3, -0.25) is 4.99 Å². The predicted octanol–water partition coefficient (Wildman–Crippen LogP) is 5.72. The summed E-state index contributed by atoms with van der Waals surface area (Å²) in [6.45, 7) is 16.4. The summed E-state index contributed by atoms with van der Waals surface area (Å²) in [5.41, 5.74) is 3.27. The lowest BCUT2D eigenvalue weighted by Crippen LogP contribution is -2.49. The van der Waals surface area contributed by atoms with Crippen LogP contribution in [0.2, 0.25) is 0 Å². The zero-order valence-corrected chi connectivity index (χ0v) is 15.2. The standard InChI is InChI=1S/C21H25ClN2/c1-6-21(4)18(22)11-15(13(2)3)19(20(21)23-5)16-12-24-17-10-8-7-9-14(16)17/h6-10,12,15,18-20,24H,1-2,5,11H2,3-4H3.